The van der Waals surface area contributed by atoms with Gasteiger partial charge in [-0.25, -0.2) is 4.39 Å². The lowest BCUT2D eigenvalue weighted by Crippen LogP contribution is -2.20. The van der Waals surface area contributed by atoms with Crippen molar-refractivity contribution in [1.29, 1.82) is 0 Å². The molecule has 0 radical (unpaired) electrons. The van der Waals surface area contributed by atoms with Gasteiger partial charge in [-0.2, -0.15) is 0 Å². The Labute approximate surface area is 97.1 Å². The van der Waals surface area contributed by atoms with E-state index in [1.54, 1.807) is 12.1 Å². The fourth-order valence-electron chi connectivity index (χ4n) is 1.02. The van der Waals surface area contributed by atoms with E-state index in [4.69, 9.17) is 10.5 Å². The van der Waals surface area contributed by atoms with E-state index in [9.17, 15) is 4.39 Å². The fraction of sp³-hybridized carbons (Fsp3) is 0.400. The maximum absolute atomic E-state index is 13.5. The molecule has 15 heavy (non-hydrogen) atoms. The molecule has 2 N–H and O–H groups in total. The van der Waals surface area contributed by atoms with Crippen LogP contribution in [0, 0.1) is 5.82 Å². The number of likely N-dealkylation sites (N-methyl/N-ethyl adjacent to an activating group) is 1. The monoisotopic (exact) mass is 276 g/mol. The topological polar surface area (TPSA) is 38.5 Å². The third kappa shape index (κ3) is 3.35. The second-order valence-electron chi connectivity index (χ2n) is 3.43. The molecule has 0 unspecified atom stereocenters. The normalized spacial score (nSPS) is 10.7. The lowest BCUT2D eigenvalue weighted by molar-refractivity contribution is 0.253. The van der Waals surface area contributed by atoms with E-state index in [0.717, 1.165) is 0 Å². The summed E-state index contributed by atoms with van der Waals surface area (Å²) in [4.78, 5) is 1.95. The number of nitrogens with two attached hydrogens (primary N) is 1. The SMILES string of the molecule is CN(C)CCOc1c(N)ccc(Br)c1F. The van der Waals surface area contributed by atoms with E-state index in [-0.39, 0.29) is 5.75 Å². The van der Waals surface area contributed by atoms with E-state index in [1.807, 2.05) is 19.0 Å². The highest BCUT2D eigenvalue weighted by atomic mass is 79.9. The molecule has 1 aromatic carbocycles. The molecule has 0 saturated carbocycles. The Morgan fingerprint density at radius 1 is 1.47 bits per heavy atom. The third-order valence-electron chi connectivity index (χ3n) is 1.87. The van der Waals surface area contributed by atoms with Crippen molar-refractivity contribution in [2.24, 2.45) is 0 Å². The summed E-state index contributed by atoms with van der Waals surface area (Å²) in [5.41, 5.74) is 5.92. The molecular weight excluding hydrogens is 263 g/mol. The predicted octanol–water partition coefficient (Wildman–Crippen LogP) is 2.11. The number of ether oxygens (including phenoxy) is 1. The highest BCUT2D eigenvalue weighted by molar-refractivity contribution is 9.10. The van der Waals surface area contributed by atoms with Crippen LogP contribution in [0.4, 0.5) is 10.1 Å². The second-order valence-corrected chi connectivity index (χ2v) is 4.29. The Morgan fingerprint density at radius 2 is 2.13 bits per heavy atom. The van der Waals surface area contributed by atoms with Crippen molar-refractivity contribution in [2.45, 2.75) is 0 Å². The van der Waals surface area contributed by atoms with Crippen LogP contribution >= 0.6 is 15.9 Å². The first-order chi connectivity index (χ1) is 7.02. The molecule has 0 aliphatic carbocycles. The van der Waals surface area contributed by atoms with Crippen LogP contribution in [0.2, 0.25) is 0 Å². The highest BCUT2D eigenvalue weighted by Gasteiger charge is 2.11. The maximum atomic E-state index is 13.5. The number of rotatable bonds is 4. The summed E-state index contributed by atoms with van der Waals surface area (Å²) in [6.07, 6.45) is 0. The molecule has 0 fully saturated rings. The van der Waals surface area contributed by atoms with E-state index in [1.165, 1.54) is 0 Å². The van der Waals surface area contributed by atoms with Gasteiger partial charge in [0.15, 0.2) is 11.6 Å². The largest absolute Gasteiger partial charge is 0.487 e. The van der Waals surface area contributed by atoms with Gasteiger partial charge in [0.25, 0.3) is 0 Å². The van der Waals surface area contributed by atoms with E-state index < -0.39 is 5.82 Å². The van der Waals surface area contributed by atoms with E-state index >= 15 is 0 Å². The molecule has 0 aliphatic heterocycles. The summed E-state index contributed by atoms with van der Waals surface area (Å²) < 4.78 is 19.2. The van der Waals surface area contributed by atoms with Crippen molar-refractivity contribution in [1.82, 2.24) is 4.90 Å². The van der Waals surface area contributed by atoms with Gasteiger partial charge in [0.05, 0.1) is 10.2 Å². The number of hydrogen-bond donors (Lipinski definition) is 1. The van der Waals surface area contributed by atoms with Crippen molar-refractivity contribution in [3.8, 4) is 5.75 Å². The molecule has 84 valence electrons. The van der Waals surface area contributed by atoms with Gasteiger partial charge in [0.1, 0.15) is 6.61 Å². The highest BCUT2D eigenvalue weighted by Crippen LogP contribution is 2.30. The lowest BCUT2D eigenvalue weighted by atomic mass is 10.3. The summed E-state index contributed by atoms with van der Waals surface area (Å²) in [6, 6.07) is 3.17. The first-order valence-corrected chi connectivity index (χ1v) is 5.32. The molecule has 0 spiro atoms. The Morgan fingerprint density at radius 3 is 2.73 bits per heavy atom. The molecule has 5 heteroatoms. The van der Waals surface area contributed by atoms with Crippen LogP contribution in [0.15, 0.2) is 16.6 Å². The molecule has 0 heterocycles. The van der Waals surface area contributed by atoms with Gasteiger partial charge in [-0.3, -0.25) is 0 Å². The van der Waals surface area contributed by atoms with Crippen LogP contribution in [0.1, 0.15) is 0 Å². The van der Waals surface area contributed by atoms with Gasteiger partial charge in [-0.15, -0.1) is 0 Å². The minimum atomic E-state index is -0.450. The van der Waals surface area contributed by atoms with E-state index in [0.29, 0.717) is 23.3 Å². The molecule has 0 atom stereocenters. The zero-order chi connectivity index (χ0) is 11.4. The van der Waals surface area contributed by atoms with Gasteiger partial charge in [0, 0.05) is 6.54 Å². The minimum Gasteiger partial charge on any atom is -0.487 e. The van der Waals surface area contributed by atoms with Crippen LogP contribution in [-0.2, 0) is 0 Å². The first kappa shape index (κ1) is 12.3. The average molecular weight is 277 g/mol. The molecule has 0 aromatic heterocycles. The Bertz CT molecular complexity index is 344. The number of nitrogen functional groups attached to an aromatic ring is 1. The number of benzene rings is 1. The minimum absolute atomic E-state index is 0.117. The van der Waals surface area contributed by atoms with Gasteiger partial charge >= 0.3 is 0 Å². The van der Waals surface area contributed by atoms with Gasteiger partial charge < -0.3 is 15.4 Å². The van der Waals surface area contributed by atoms with Crippen LogP contribution in [-0.4, -0.2) is 32.1 Å². The first-order valence-electron chi connectivity index (χ1n) is 4.53. The number of anilines is 1. The third-order valence-corrected chi connectivity index (χ3v) is 2.48. The van der Waals surface area contributed by atoms with E-state index in [2.05, 4.69) is 15.9 Å². The maximum Gasteiger partial charge on any atom is 0.181 e. The van der Waals surface area contributed by atoms with Crippen molar-refractivity contribution >= 4 is 21.6 Å². The summed E-state index contributed by atoms with van der Waals surface area (Å²) in [6.45, 7) is 1.12. The predicted molar refractivity (Wildman–Crippen MR) is 62.6 cm³/mol. The molecule has 0 amide bonds. The van der Waals surface area contributed by atoms with Crippen LogP contribution in [0.3, 0.4) is 0 Å². The van der Waals surface area contributed by atoms with Crippen LogP contribution < -0.4 is 10.5 Å². The lowest BCUT2D eigenvalue weighted by Gasteiger charge is -2.13. The van der Waals surface area contributed by atoms with Crippen LogP contribution in [0.5, 0.6) is 5.75 Å². The molecule has 0 aliphatic rings. The summed E-state index contributed by atoms with van der Waals surface area (Å²) in [5, 5.41) is 0. The van der Waals surface area contributed by atoms with Crippen molar-refractivity contribution in [2.75, 3.05) is 33.0 Å². The molecule has 0 saturated heterocycles. The Hall–Kier alpha value is -0.810. The Kier molecular flexibility index (Phi) is 4.35. The van der Waals surface area contributed by atoms with Gasteiger partial charge in [0.2, 0.25) is 0 Å². The number of halogens is 2. The van der Waals surface area contributed by atoms with Gasteiger partial charge in [-0.05, 0) is 42.2 Å². The molecule has 0 bridgehead atoms. The molecular formula is C10H14BrFN2O. The van der Waals surface area contributed by atoms with Crippen molar-refractivity contribution in [3.05, 3.63) is 22.4 Å². The summed E-state index contributed by atoms with van der Waals surface area (Å²) in [7, 11) is 3.84. The molecule has 1 rings (SSSR count). The van der Waals surface area contributed by atoms with Crippen molar-refractivity contribution in [3.63, 3.8) is 0 Å². The second kappa shape index (κ2) is 5.32. The average Bonchev–Trinajstić information content (AvgIpc) is 2.17. The van der Waals surface area contributed by atoms with Gasteiger partial charge in [-0.1, -0.05) is 0 Å². The fourth-order valence-corrected chi connectivity index (χ4v) is 1.34. The zero-order valence-electron chi connectivity index (χ0n) is 8.76. The molecule has 3 nitrogen and oxygen atoms in total. The number of hydrogen-bond acceptors (Lipinski definition) is 3. The Balaban J connectivity index is 2.71. The van der Waals surface area contributed by atoms with Crippen LogP contribution in [0.25, 0.3) is 0 Å². The summed E-state index contributed by atoms with van der Waals surface area (Å²) in [5.74, 6) is -0.333. The zero-order valence-corrected chi connectivity index (χ0v) is 10.3. The smallest absolute Gasteiger partial charge is 0.181 e. The number of nitrogens with zero attached hydrogens (tertiary/aromatic N) is 1. The molecule has 1 aromatic rings. The quantitative estimate of drug-likeness (QED) is 0.857. The standard InChI is InChI=1S/C10H14BrFN2O/c1-14(2)5-6-15-10-8(13)4-3-7(11)9(10)12/h3-4H,5-6,13H2,1-2H3. The van der Waals surface area contributed by atoms with Crippen molar-refractivity contribution < 1.29 is 9.13 Å². The summed E-state index contributed by atoms with van der Waals surface area (Å²) >= 11 is 3.08.